The van der Waals surface area contributed by atoms with E-state index in [1.165, 1.54) is 6.08 Å². The minimum absolute atomic E-state index is 0.146. The van der Waals surface area contributed by atoms with Gasteiger partial charge in [0.2, 0.25) is 0 Å². The second-order valence-corrected chi connectivity index (χ2v) is 3.74. The van der Waals surface area contributed by atoms with E-state index >= 15 is 0 Å². The number of piperidine rings is 1. The highest BCUT2D eigenvalue weighted by Crippen LogP contribution is 2.30. The molecule has 1 aliphatic heterocycles. The zero-order chi connectivity index (χ0) is 13.1. The maximum absolute atomic E-state index is 13.1. The molecule has 0 radical (unpaired) electrons. The van der Waals surface area contributed by atoms with Gasteiger partial charge in [0.15, 0.2) is 0 Å². The summed E-state index contributed by atoms with van der Waals surface area (Å²) in [6.45, 7) is 2.22. The first-order chi connectivity index (χ1) is 7.87. The summed E-state index contributed by atoms with van der Waals surface area (Å²) in [4.78, 5) is 22.8. The number of hydrogen-bond acceptors (Lipinski definition) is 3. The fraction of sp³-hybridized carbons (Fsp3) is 0.600. The number of aliphatic carboxylic acids is 1. The largest absolute Gasteiger partial charge is 0.480 e. The van der Waals surface area contributed by atoms with E-state index < -0.39 is 37.0 Å². The van der Waals surface area contributed by atoms with Crippen molar-refractivity contribution in [2.24, 2.45) is 0 Å². The van der Waals surface area contributed by atoms with E-state index in [4.69, 9.17) is 5.11 Å². The molecular weight excluding hydrogens is 236 g/mol. The minimum Gasteiger partial charge on any atom is -0.480 e. The van der Waals surface area contributed by atoms with Crippen LogP contribution in [0.4, 0.5) is 13.6 Å². The molecule has 1 aliphatic rings. The molecule has 17 heavy (non-hydrogen) atoms. The summed E-state index contributed by atoms with van der Waals surface area (Å²) in [6, 6.07) is -1.26. The Hall–Kier alpha value is -1.66. The lowest BCUT2D eigenvalue weighted by Gasteiger charge is -2.36. The van der Waals surface area contributed by atoms with Gasteiger partial charge >= 0.3 is 12.1 Å². The Morgan fingerprint density at radius 2 is 2.24 bits per heavy atom. The lowest BCUT2D eigenvalue weighted by Crippen LogP contribution is -2.54. The third-order valence-electron chi connectivity index (χ3n) is 2.41. The number of ether oxygens (including phenoxy) is 1. The zero-order valence-corrected chi connectivity index (χ0v) is 9.07. The Kier molecular flexibility index (Phi) is 4.03. The highest BCUT2D eigenvalue weighted by Gasteiger charge is 2.45. The number of nitrogens with zero attached hydrogens (tertiary/aromatic N) is 1. The standard InChI is InChI=1S/C10H13F2NO4/c1-2-5-17-9(16)13-6-10(11,12)4-3-7(13)8(14)15/h2,7H,1,3-6H2,(H,14,15). The number of carboxylic acid groups (broad SMARTS) is 1. The van der Waals surface area contributed by atoms with Gasteiger partial charge < -0.3 is 9.84 Å². The minimum atomic E-state index is -3.07. The number of likely N-dealkylation sites (tertiary alicyclic amines) is 1. The number of carbonyl (C=O) groups excluding carboxylic acids is 1. The molecule has 0 aromatic rings. The molecule has 1 atom stereocenters. The average Bonchev–Trinajstić information content (AvgIpc) is 2.24. The normalized spacial score (nSPS) is 22.9. The SMILES string of the molecule is C=CCOC(=O)N1CC(F)(F)CCC1C(=O)O. The Bertz CT molecular complexity index is 332. The predicted molar refractivity (Wildman–Crippen MR) is 53.9 cm³/mol. The van der Waals surface area contributed by atoms with E-state index in [0.29, 0.717) is 4.90 Å². The van der Waals surface area contributed by atoms with Crippen molar-refractivity contribution in [3.63, 3.8) is 0 Å². The third kappa shape index (κ3) is 3.40. The van der Waals surface area contributed by atoms with Crippen LogP contribution in [0.15, 0.2) is 12.7 Å². The summed E-state index contributed by atoms with van der Waals surface area (Å²) in [6.07, 6.45) is -0.618. The van der Waals surface area contributed by atoms with E-state index in [1.54, 1.807) is 0 Å². The van der Waals surface area contributed by atoms with Crippen molar-refractivity contribution in [2.45, 2.75) is 24.8 Å². The van der Waals surface area contributed by atoms with Crippen LogP contribution >= 0.6 is 0 Å². The molecule has 0 aromatic carbocycles. The first-order valence-corrected chi connectivity index (χ1v) is 5.02. The number of amides is 1. The van der Waals surface area contributed by atoms with Crippen LogP contribution in [0.25, 0.3) is 0 Å². The zero-order valence-electron chi connectivity index (χ0n) is 9.07. The summed E-state index contributed by atoms with van der Waals surface area (Å²) in [5.74, 6) is -4.38. The lowest BCUT2D eigenvalue weighted by atomic mass is 10.00. The van der Waals surface area contributed by atoms with E-state index in [2.05, 4.69) is 11.3 Å². The maximum atomic E-state index is 13.1. The van der Waals surface area contributed by atoms with Gasteiger partial charge in [-0.05, 0) is 6.42 Å². The maximum Gasteiger partial charge on any atom is 0.411 e. The Morgan fingerprint density at radius 1 is 1.59 bits per heavy atom. The van der Waals surface area contributed by atoms with Gasteiger partial charge in [-0.3, -0.25) is 4.90 Å². The van der Waals surface area contributed by atoms with Gasteiger partial charge in [-0.1, -0.05) is 12.7 Å². The second-order valence-electron chi connectivity index (χ2n) is 3.74. The van der Waals surface area contributed by atoms with Crippen molar-refractivity contribution in [3.8, 4) is 0 Å². The van der Waals surface area contributed by atoms with E-state index in [1.807, 2.05) is 0 Å². The van der Waals surface area contributed by atoms with Crippen molar-refractivity contribution in [2.75, 3.05) is 13.2 Å². The number of hydrogen-bond donors (Lipinski definition) is 1. The van der Waals surface area contributed by atoms with Crippen molar-refractivity contribution in [1.29, 1.82) is 0 Å². The van der Waals surface area contributed by atoms with Crippen LogP contribution in [-0.4, -0.2) is 47.2 Å². The number of rotatable bonds is 3. The number of carboxylic acids is 1. The molecule has 96 valence electrons. The molecule has 1 N–H and O–H groups in total. The molecule has 0 aromatic heterocycles. The highest BCUT2D eigenvalue weighted by atomic mass is 19.3. The van der Waals surface area contributed by atoms with Gasteiger partial charge in [0.1, 0.15) is 12.6 Å². The summed E-state index contributed by atoms with van der Waals surface area (Å²) in [7, 11) is 0. The summed E-state index contributed by atoms with van der Waals surface area (Å²) >= 11 is 0. The molecule has 7 heteroatoms. The van der Waals surface area contributed by atoms with E-state index in [9.17, 15) is 18.4 Å². The molecular formula is C10H13F2NO4. The highest BCUT2D eigenvalue weighted by molar-refractivity contribution is 5.80. The van der Waals surface area contributed by atoms with Crippen LogP contribution in [0.2, 0.25) is 0 Å². The van der Waals surface area contributed by atoms with Crippen LogP contribution < -0.4 is 0 Å². The first kappa shape index (κ1) is 13.4. The number of alkyl halides is 2. The Labute approximate surface area is 96.7 Å². The third-order valence-corrected chi connectivity index (χ3v) is 2.41. The second kappa shape index (κ2) is 5.11. The van der Waals surface area contributed by atoms with E-state index in [-0.39, 0.29) is 13.0 Å². The predicted octanol–water partition coefficient (Wildman–Crippen LogP) is 1.49. The van der Waals surface area contributed by atoms with E-state index in [0.717, 1.165) is 0 Å². The van der Waals surface area contributed by atoms with Crippen LogP contribution in [0.1, 0.15) is 12.8 Å². The molecule has 1 rings (SSSR count). The van der Waals surface area contributed by atoms with Gasteiger partial charge in [-0.2, -0.15) is 0 Å². The van der Waals surface area contributed by atoms with Gasteiger partial charge in [-0.15, -0.1) is 0 Å². The summed E-state index contributed by atoms with van der Waals surface area (Å²) in [5, 5.41) is 8.84. The molecule has 0 saturated carbocycles. The quantitative estimate of drug-likeness (QED) is 0.769. The first-order valence-electron chi connectivity index (χ1n) is 5.02. The molecule has 1 saturated heterocycles. The van der Waals surface area contributed by atoms with Crippen LogP contribution in [0.3, 0.4) is 0 Å². The van der Waals surface area contributed by atoms with Crippen molar-refractivity contribution < 1.29 is 28.2 Å². The molecule has 5 nitrogen and oxygen atoms in total. The van der Waals surface area contributed by atoms with Crippen LogP contribution in [0.5, 0.6) is 0 Å². The van der Waals surface area contributed by atoms with Gasteiger partial charge in [0.05, 0.1) is 6.54 Å². The fourth-order valence-electron chi connectivity index (χ4n) is 1.60. The summed E-state index contributed by atoms with van der Waals surface area (Å²) in [5.41, 5.74) is 0. The monoisotopic (exact) mass is 249 g/mol. The lowest BCUT2D eigenvalue weighted by molar-refractivity contribution is -0.149. The van der Waals surface area contributed by atoms with Crippen LogP contribution in [-0.2, 0) is 9.53 Å². The smallest absolute Gasteiger partial charge is 0.411 e. The number of carbonyl (C=O) groups is 2. The molecule has 0 aliphatic carbocycles. The van der Waals surface area contributed by atoms with Crippen molar-refractivity contribution in [1.82, 2.24) is 4.90 Å². The van der Waals surface area contributed by atoms with Crippen LogP contribution in [0, 0.1) is 0 Å². The summed E-state index contributed by atoms with van der Waals surface area (Å²) < 4.78 is 30.8. The molecule has 1 unspecified atom stereocenters. The Morgan fingerprint density at radius 3 is 2.76 bits per heavy atom. The fourth-order valence-corrected chi connectivity index (χ4v) is 1.60. The molecule has 1 fully saturated rings. The van der Waals surface area contributed by atoms with Gasteiger partial charge in [0, 0.05) is 6.42 Å². The molecule has 0 bridgehead atoms. The van der Waals surface area contributed by atoms with Gasteiger partial charge in [-0.25, -0.2) is 18.4 Å². The average molecular weight is 249 g/mol. The Balaban J connectivity index is 2.76. The molecule has 1 amide bonds. The number of halogens is 2. The molecule has 1 heterocycles. The van der Waals surface area contributed by atoms with Crippen molar-refractivity contribution in [3.05, 3.63) is 12.7 Å². The molecule has 0 spiro atoms. The van der Waals surface area contributed by atoms with Gasteiger partial charge in [0.25, 0.3) is 5.92 Å². The van der Waals surface area contributed by atoms with Crippen molar-refractivity contribution >= 4 is 12.1 Å². The topological polar surface area (TPSA) is 66.8 Å².